The van der Waals surface area contributed by atoms with Gasteiger partial charge >= 0.3 is 0 Å². The van der Waals surface area contributed by atoms with Gasteiger partial charge in [-0.25, -0.2) is 13.4 Å². The summed E-state index contributed by atoms with van der Waals surface area (Å²) in [5.41, 5.74) is 5.58. The van der Waals surface area contributed by atoms with E-state index in [0.29, 0.717) is 11.4 Å². The minimum atomic E-state index is -2.84. The van der Waals surface area contributed by atoms with Crippen LogP contribution in [0.25, 0.3) is 0 Å². The number of thiazole rings is 1. The molecule has 0 spiro atoms. The molecule has 0 saturated carbocycles. The lowest BCUT2D eigenvalue weighted by Crippen LogP contribution is -2.32. The van der Waals surface area contributed by atoms with Crippen LogP contribution >= 0.6 is 11.3 Å². The van der Waals surface area contributed by atoms with Crippen molar-refractivity contribution >= 4 is 31.3 Å². The largest absolute Gasteiger partial charge is 0.389 e. The lowest BCUT2D eigenvalue weighted by Gasteiger charge is -2.22. The summed E-state index contributed by atoms with van der Waals surface area (Å²) < 4.78 is 22.6. The molecule has 1 saturated heterocycles. The van der Waals surface area contributed by atoms with Gasteiger partial charge in [0.15, 0.2) is 15.0 Å². The first-order valence-corrected chi connectivity index (χ1v) is 7.26. The van der Waals surface area contributed by atoms with Gasteiger partial charge in [-0.05, 0) is 6.42 Å². The van der Waals surface area contributed by atoms with E-state index in [4.69, 9.17) is 5.73 Å². The number of sulfone groups is 1. The van der Waals surface area contributed by atoms with Crippen molar-refractivity contribution in [3.63, 3.8) is 0 Å². The van der Waals surface area contributed by atoms with Crippen molar-refractivity contribution < 1.29 is 8.42 Å². The van der Waals surface area contributed by atoms with Crippen LogP contribution in [0.15, 0.2) is 6.20 Å². The number of nitrogen functional groups attached to an aromatic ring is 1. The van der Waals surface area contributed by atoms with E-state index in [1.54, 1.807) is 6.20 Å². The van der Waals surface area contributed by atoms with Crippen molar-refractivity contribution in [3.8, 4) is 0 Å². The number of nitrogens with two attached hydrogens (primary N) is 1. The molecule has 1 aliphatic heterocycles. The number of anilines is 2. The van der Waals surface area contributed by atoms with E-state index in [-0.39, 0.29) is 17.5 Å². The van der Waals surface area contributed by atoms with Gasteiger partial charge in [0, 0.05) is 13.1 Å². The number of rotatable bonds is 2. The average Bonchev–Trinajstić information content (AvgIpc) is 2.71. The number of hydrogen-bond donors (Lipinski definition) is 1. The molecular weight excluding hydrogens is 234 g/mol. The molecule has 2 N–H and O–H groups in total. The zero-order valence-electron chi connectivity index (χ0n) is 8.38. The predicted molar refractivity (Wildman–Crippen MR) is 62.0 cm³/mol. The van der Waals surface area contributed by atoms with Crippen LogP contribution in [0.5, 0.6) is 0 Å². The van der Waals surface area contributed by atoms with Crippen LogP contribution in [-0.2, 0) is 9.84 Å². The predicted octanol–water partition coefficient (Wildman–Crippen LogP) is 0.349. The van der Waals surface area contributed by atoms with E-state index >= 15 is 0 Å². The van der Waals surface area contributed by atoms with Crippen LogP contribution in [-0.4, -0.2) is 38.0 Å². The number of hydrogen-bond acceptors (Lipinski definition) is 6. The molecule has 15 heavy (non-hydrogen) atoms. The third-order valence-corrected chi connectivity index (χ3v) is 5.24. The fourth-order valence-corrected chi connectivity index (χ4v) is 4.17. The maximum Gasteiger partial charge on any atom is 0.187 e. The van der Waals surface area contributed by atoms with Crippen molar-refractivity contribution in [1.82, 2.24) is 4.98 Å². The minimum Gasteiger partial charge on any atom is -0.389 e. The second kappa shape index (κ2) is 3.64. The van der Waals surface area contributed by atoms with E-state index in [2.05, 4.69) is 4.98 Å². The summed E-state index contributed by atoms with van der Waals surface area (Å²) >= 11 is 1.38. The van der Waals surface area contributed by atoms with E-state index in [9.17, 15) is 8.42 Å². The molecule has 1 atom stereocenters. The molecule has 2 rings (SSSR count). The van der Waals surface area contributed by atoms with E-state index in [0.717, 1.165) is 5.13 Å². The maximum absolute atomic E-state index is 11.3. The Morgan fingerprint density at radius 3 is 2.87 bits per heavy atom. The zero-order valence-corrected chi connectivity index (χ0v) is 10.0. The van der Waals surface area contributed by atoms with Gasteiger partial charge < -0.3 is 10.6 Å². The molecule has 1 aromatic heterocycles. The number of nitrogens with zero attached hydrogens (tertiary/aromatic N) is 2. The third-order valence-electron chi connectivity index (χ3n) is 2.57. The van der Waals surface area contributed by atoms with Crippen molar-refractivity contribution in [1.29, 1.82) is 0 Å². The van der Waals surface area contributed by atoms with Gasteiger partial charge in [0.25, 0.3) is 0 Å². The first-order chi connectivity index (χ1) is 6.98. The van der Waals surface area contributed by atoms with Gasteiger partial charge in [-0.1, -0.05) is 11.3 Å². The van der Waals surface area contributed by atoms with Gasteiger partial charge in [-0.2, -0.15) is 0 Å². The summed E-state index contributed by atoms with van der Waals surface area (Å²) in [6.45, 7) is 0. The highest BCUT2D eigenvalue weighted by atomic mass is 32.2. The molecule has 2 heterocycles. The molecular formula is C8H13N3O2S2. The van der Waals surface area contributed by atoms with Crippen molar-refractivity contribution in [2.75, 3.05) is 29.2 Å². The lowest BCUT2D eigenvalue weighted by molar-refractivity contribution is 0.601. The smallest absolute Gasteiger partial charge is 0.187 e. The molecule has 0 aromatic carbocycles. The summed E-state index contributed by atoms with van der Waals surface area (Å²) in [6.07, 6.45) is 2.28. The summed E-state index contributed by atoms with van der Waals surface area (Å²) in [4.78, 5) is 6.04. The second-order valence-corrected chi connectivity index (χ2v) is 6.98. The molecule has 0 radical (unpaired) electrons. The third kappa shape index (κ3) is 2.23. The standard InChI is InChI=1S/C8H13N3O2S2/c1-11(8-10-4-7(9)14-8)6-2-3-15(12,13)5-6/h4,6H,2-3,5,9H2,1H3. The van der Waals surface area contributed by atoms with Crippen LogP contribution in [0.2, 0.25) is 0 Å². The molecule has 0 bridgehead atoms. The number of aromatic nitrogens is 1. The molecule has 0 amide bonds. The Kier molecular flexibility index (Phi) is 2.59. The second-order valence-electron chi connectivity index (χ2n) is 3.71. The maximum atomic E-state index is 11.3. The minimum absolute atomic E-state index is 0.0422. The van der Waals surface area contributed by atoms with Crippen LogP contribution in [0.1, 0.15) is 6.42 Å². The molecule has 84 valence electrons. The summed E-state index contributed by atoms with van der Waals surface area (Å²) in [5.74, 6) is 0.506. The zero-order chi connectivity index (χ0) is 11.1. The highest BCUT2D eigenvalue weighted by Crippen LogP contribution is 2.27. The van der Waals surface area contributed by atoms with Gasteiger partial charge in [-0.15, -0.1) is 0 Å². The molecule has 1 aliphatic rings. The molecule has 7 heteroatoms. The van der Waals surface area contributed by atoms with Crippen LogP contribution in [0.4, 0.5) is 10.1 Å². The monoisotopic (exact) mass is 247 g/mol. The lowest BCUT2D eigenvalue weighted by atomic mass is 10.2. The normalized spacial score (nSPS) is 24.2. The van der Waals surface area contributed by atoms with E-state index in [1.807, 2.05) is 11.9 Å². The summed E-state index contributed by atoms with van der Waals surface area (Å²) in [7, 11) is -0.973. The quantitative estimate of drug-likeness (QED) is 0.816. The molecule has 5 nitrogen and oxygen atoms in total. The highest BCUT2D eigenvalue weighted by molar-refractivity contribution is 7.91. The molecule has 0 aliphatic carbocycles. The Balaban J connectivity index is 2.13. The van der Waals surface area contributed by atoms with Crippen molar-refractivity contribution in [2.24, 2.45) is 0 Å². The van der Waals surface area contributed by atoms with Crippen molar-refractivity contribution in [3.05, 3.63) is 6.20 Å². The van der Waals surface area contributed by atoms with E-state index in [1.165, 1.54) is 11.3 Å². The van der Waals surface area contributed by atoms with Gasteiger partial charge in [0.2, 0.25) is 0 Å². The summed E-state index contributed by atoms with van der Waals surface area (Å²) in [6, 6.07) is 0.0422. The van der Waals surface area contributed by atoms with Crippen LogP contribution in [0.3, 0.4) is 0 Å². The van der Waals surface area contributed by atoms with Gasteiger partial charge in [0.05, 0.1) is 17.7 Å². The Morgan fingerprint density at radius 1 is 1.67 bits per heavy atom. The Hall–Kier alpha value is -0.820. The van der Waals surface area contributed by atoms with E-state index < -0.39 is 9.84 Å². The van der Waals surface area contributed by atoms with Crippen LogP contribution < -0.4 is 10.6 Å². The molecule has 1 fully saturated rings. The average molecular weight is 247 g/mol. The highest BCUT2D eigenvalue weighted by Gasteiger charge is 2.31. The molecule has 1 aromatic rings. The first kappa shape index (κ1) is 10.7. The topological polar surface area (TPSA) is 76.3 Å². The molecule has 1 unspecified atom stereocenters. The summed E-state index contributed by atoms with van der Waals surface area (Å²) in [5, 5.41) is 1.44. The Bertz CT molecular complexity index is 454. The van der Waals surface area contributed by atoms with Gasteiger partial charge in [0.1, 0.15) is 5.00 Å². The Labute approximate surface area is 92.8 Å². The van der Waals surface area contributed by atoms with Gasteiger partial charge in [-0.3, -0.25) is 0 Å². The van der Waals surface area contributed by atoms with Crippen molar-refractivity contribution in [2.45, 2.75) is 12.5 Å². The fourth-order valence-electron chi connectivity index (χ4n) is 1.68. The fraction of sp³-hybridized carbons (Fsp3) is 0.625. The first-order valence-electron chi connectivity index (χ1n) is 4.62. The van der Waals surface area contributed by atoms with Crippen LogP contribution in [0, 0.1) is 0 Å². The Morgan fingerprint density at radius 2 is 2.40 bits per heavy atom. The SMILES string of the molecule is CN(c1ncc(N)s1)C1CCS(=O)(=O)C1.